The van der Waals surface area contributed by atoms with Gasteiger partial charge in [0.2, 0.25) is 0 Å². The third kappa shape index (κ3) is 4.85. The highest BCUT2D eigenvalue weighted by molar-refractivity contribution is 5.44. The normalized spacial score (nSPS) is 16.6. The number of aliphatic hydroxyl groups is 1. The summed E-state index contributed by atoms with van der Waals surface area (Å²) in [6, 6.07) is 16.4. The summed E-state index contributed by atoms with van der Waals surface area (Å²) >= 11 is 0. The number of nitrogens with zero attached hydrogens (tertiary/aromatic N) is 1. The summed E-state index contributed by atoms with van der Waals surface area (Å²) in [7, 11) is 1.67. The molecule has 2 aromatic rings. The van der Waals surface area contributed by atoms with Crippen LogP contribution in [0.1, 0.15) is 31.0 Å². The summed E-state index contributed by atoms with van der Waals surface area (Å²) in [4.78, 5) is 2.45. The molecular formula is C23H32N2O3. The van der Waals surface area contributed by atoms with E-state index in [2.05, 4.69) is 36.2 Å². The van der Waals surface area contributed by atoms with Crippen LogP contribution in [-0.2, 0) is 6.61 Å². The molecule has 2 aromatic carbocycles. The van der Waals surface area contributed by atoms with Gasteiger partial charge in [-0.2, -0.15) is 0 Å². The van der Waals surface area contributed by atoms with Crippen molar-refractivity contribution in [1.82, 2.24) is 10.2 Å². The lowest BCUT2D eigenvalue weighted by molar-refractivity contribution is 0.0304. The van der Waals surface area contributed by atoms with Crippen LogP contribution in [0.4, 0.5) is 0 Å². The Morgan fingerprint density at radius 1 is 1.07 bits per heavy atom. The van der Waals surface area contributed by atoms with Crippen LogP contribution in [0, 0.1) is 5.41 Å². The van der Waals surface area contributed by atoms with Gasteiger partial charge in [0, 0.05) is 44.2 Å². The summed E-state index contributed by atoms with van der Waals surface area (Å²) in [5.41, 5.74) is 1.99. The molecule has 0 amide bonds. The average Bonchev–Trinajstić information content (AvgIpc) is 2.74. The van der Waals surface area contributed by atoms with E-state index in [0.29, 0.717) is 6.61 Å². The van der Waals surface area contributed by atoms with Crippen molar-refractivity contribution in [3.8, 4) is 11.5 Å². The number of aliphatic hydroxyl groups excluding tert-OH is 1. The highest BCUT2D eigenvalue weighted by Gasteiger charge is 2.36. The number of hydrogen-bond donors (Lipinski definition) is 2. The van der Waals surface area contributed by atoms with Gasteiger partial charge in [0.1, 0.15) is 6.61 Å². The molecule has 2 N–H and O–H groups in total. The van der Waals surface area contributed by atoms with Crippen LogP contribution in [0.25, 0.3) is 0 Å². The fourth-order valence-corrected chi connectivity index (χ4v) is 3.89. The first kappa shape index (κ1) is 20.6. The number of piperazine rings is 1. The Morgan fingerprint density at radius 3 is 2.43 bits per heavy atom. The molecule has 28 heavy (non-hydrogen) atoms. The van der Waals surface area contributed by atoms with Crippen LogP contribution in [0.5, 0.6) is 11.5 Å². The molecule has 5 nitrogen and oxygen atoms in total. The first-order valence-corrected chi connectivity index (χ1v) is 9.95. The number of nitrogens with one attached hydrogen (secondary N) is 1. The third-order valence-corrected chi connectivity index (χ3v) is 5.41. The number of methoxy groups -OCH3 is 1. The number of benzene rings is 2. The second kappa shape index (κ2) is 9.41. The van der Waals surface area contributed by atoms with Crippen LogP contribution in [0.3, 0.4) is 0 Å². The van der Waals surface area contributed by atoms with E-state index in [1.165, 1.54) is 0 Å². The molecule has 152 valence electrons. The van der Waals surface area contributed by atoms with Crippen molar-refractivity contribution in [3.05, 3.63) is 59.7 Å². The molecule has 0 radical (unpaired) electrons. The molecular weight excluding hydrogens is 352 g/mol. The molecule has 1 saturated heterocycles. The molecule has 1 aliphatic heterocycles. The fourth-order valence-electron chi connectivity index (χ4n) is 3.89. The first-order chi connectivity index (χ1) is 13.5. The molecule has 0 spiro atoms. The molecule has 0 saturated carbocycles. The van der Waals surface area contributed by atoms with Crippen molar-refractivity contribution < 1.29 is 14.6 Å². The van der Waals surface area contributed by atoms with E-state index >= 15 is 0 Å². The molecule has 1 atom stereocenters. The molecule has 0 unspecified atom stereocenters. The van der Waals surface area contributed by atoms with Crippen molar-refractivity contribution >= 4 is 0 Å². The zero-order chi connectivity index (χ0) is 20.0. The van der Waals surface area contributed by atoms with Gasteiger partial charge in [-0.05, 0) is 23.3 Å². The molecule has 3 rings (SSSR count). The third-order valence-electron chi connectivity index (χ3n) is 5.41. The van der Waals surface area contributed by atoms with E-state index in [9.17, 15) is 5.11 Å². The van der Waals surface area contributed by atoms with Gasteiger partial charge in [0.05, 0.1) is 7.11 Å². The first-order valence-electron chi connectivity index (χ1n) is 9.95. The van der Waals surface area contributed by atoms with Gasteiger partial charge in [-0.25, -0.2) is 0 Å². The molecule has 0 aliphatic carbocycles. The van der Waals surface area contributed by atoms with Crippen molar-refractivity contribution in [1.29, 1.82) is 0 Å². The maximum absolute atomic E-state index is 10.0. The lowest BCUT2D eigenvalue weighted by Crippen LogP contribution is -2.49. The van der Waals surface area contributed by atoms with E-state index in [-0.39, 0.29) is 18.1 Å². The Balaban J connectivity index is 1.84. The highest BCUT2D eigenvalue weighted by atomic mass is 16.5. The Labute approximate surface area is 168 Å². The Kier molecular flexibility index (Phi) is 6.94. The monoisotopic (exact) mass is 384 g/mol. The quantitative estimate of drug-likeness (QED) is 0.732. The minimum Gasteiger partial charge on any atom is -0.493 e. The summed E-state index contributed by atoms with van der Waals surface area (Å²) in [6.07, 6.45) is 0. The van der Waals surface area contributed by atoms with Crippen LogP contribution >= 0.6 is 0 Å². The predicted molar refractivity (Wildman–Crippen MR) is 112 cm³/mol. The van der Waals surface area contributed by atoms with Gasteiger partial charge in [0.15, 0.2) is 11.5 Å². The molecule has 0 bridgehead atoms. The van der Waals surface area contributed by atoms with Gasteiger partial charge in [-0.1, -0.05) is 50.2 Å². The largest absolute Gasteiger partial charge is 0.493 e. The minimum absolute atomic E-state index is 0.108. The Hall–Kier alpha value is -2.08. The molecule has 1 heterocycles. The zero-order valence-electron chi connectivity index (χ0n) is 17.1. The van der Waals surface area contributed by atoms with E-state index in [1.807, 2.05) is 36.4 Å². The van der Waals surface area contributed by atoms with E-state index in [0.717, 1.165) is 48.8 Å². The topological polar surface area (TPSA) is 54.0 Å². The lowest BCUT2D eigenvalue weighted by Gasteiger charge is -2.43. The van der Waals surface area contributed by atoms with Gasteiger partial charge >= 0.3 is 0 Å². The van der Waals surface area contributed by atoms with Crippen molar-refractivity contribution in [3.63, 3.8) is 0 Å². The highest BCUT2D eigenvalue weighted by Crippen LogP contribution is 2.41. The smallest absolute Gasteiger partial charge is 0.161 e. The number of rotatable bonds is 8. The van der Waals surface area contributed by atoms with Gasteiger partial charge in [-0.3, -0.25) is 4.90 Å². The van der Waals surface area contributed by atoms with E-state index in [1.54, 1.807) is 7.11 Å². The fraction of sp³-hybridized carbons (Fsp3) is 0.478. The Bertz CT molecular complexity index is 743. The van der Waals surface area contributed by atoms with Crippen molar-refractivity contribution in [2.75, 3.05) is 39.9 Å². The van der Waals surface area contributed by atoms with Crippen LogP contribution < -0.4 is 14.8 Å². The standard InChI is InChI=1S/C23H32N2O3/c1-23(2,17-26)22(25-13-11-24-12-14-25)19-9-10-20(21(15-19)27-3)28-16-18-7-5-4-6-8-18/h4-10,15,22,24,26H,11-14,16-17H2,1-3H3/t22-/m0/s1. The maximum atomic E-state index is 10.0. The zero-order valence-corrected chi connectivity index (χ0v) is 17.1. The van der Waals surface area contributed by atoms with Crippen LogP contribution in [0.2, 0.25) is 0 Å². The molecule has 5 heteroatoms. The second-order valence-electron chi connectivity index (χ2n) is 8.02. The van der Waals surface area contributed by atoms with E-state index < -0.39 is 0 Å². The molecule has 1 fully saturated rings. The van der Waals surface area contributed by atoms with Crippen molar-refractivity contribution in [2.45, 2.75) is 26.5 Å². The van der Waals surface area contributed by atoms with Gasteiger partial charge < -0.3 is 19.9 Å². The second-order valence-corrected chi connectivity index (χ2v) is 8.02. The molecule has 1 aliphatic rings. The SMILES string of the molecule is COc1cc([C@H](N2CCNCC2)C(C)(C)CO)ccc1OCc1ccccc1. The predicted octanol–water partition coefficient (Wildman–Crippen LogP) is 3.24. The Morgan fingerprint density at radius 2 is 1.79 bits per heavy atom. The lowest BCUT2D eigenvalue weighted by atomic mass is 9.79. The number of hydrogen-bond acceptors (Lipinski definition) is 5. The van der Waals surface area contributed by atoms with Gasteiger partial charge in [-0.15, -0.1) is 0 Å². The summed E-state index contributed by atoms with van der Waals surface area (Å²) in [6.45, 7) is 8.71. The maximum Gasteiger partial charge on any atom is 0.161 e. The molecule has 0 aromatic heterocycles. The summed E-state index contributed by atoms with van der Waals surface area (Å²) in [5, 5.41) is 13.5. The van der Waals surface area contributed by atoms with Crippen LogP contribution in [-0.4, -0.2) is 49.9 Å². The van der Waals surface area contributed by atoms with Crippen LogP contribution in [0.15, 0.2) is 48.5 Å². The minimum atomic E-state index is -0.269. The van der Waals surface area contributed by atoms with Gasteiger partial charge in [0.25, 0.3) is 0 Å². The average molecular weight is 385 g/mol. The van der Waals surface area contributed by atoms with Crippen molar-refractivity contribution in [2.24, 2.45) is 5.41 Å². The summed E-state index contributed by atoms with van der Waals surface area (Å²) < 4.78 is 11.6. The van der Waals surface area contributed by atoms with E-state index in [4.69, 9.17) is 9.47 Å². The number of ether oxygens (including phenoxy) is 2. The summed E-state index contributed by atoms with van der Waals surface area (Å²) in [5.74, 6) is 1.46.